The topological polar surface area (TPSA) is 59.3 Å². The van der Waals surface area contributed by atoms with Crippen LogP contribution in [-0.4, -0.2) is 19.7 Å². The third-order valence-corrected chi connectivity index (χ3v) is 2.56. The normalized spacial score (nSPS) is 9.53. The van der Waals surface area contributed by atoms with E-state index in [1.165, 1.54) is 7.11 Å². The SMILES string of the molecule is CCOC(=O)Cc1c(S)cc(C#N)cc1OC. The Morgan fingerprint density at radius 3 is 2.76 bits per heavy atom. The van der Waals surface area contributed by atoms with Gasteiger partial charge in [0.25, 0.3) is 0 Å². The highest BCUT2D eigenvalue weighted by Gasteiger charge is 2.14. The van der Waals surface area contributed by atoms with Gasteiger partial charge in [0.15, 0.2) is 0 Å². The Hall–Kier alpha value is -1.67. The van der Waals surface area contributed by atoms with E-state index in [1.807, 2.05) is 6.07 Å². The molecule has 0 unspecified atom stereocenters. The maximum Gasteiger partial charge on any atom is 0.310 e. The Labute approximate surface area is 106 Å². The number of methoxy groups -OCH3 is 1. The molecule has 17 heavy (non-hydrogen) atoms. The molecule has 0 aliphatic carbocycles. The van der Waals surface area contributed by atoms with Gasteiger partial charge < -0.3 is 9.47 Å². The van der Waals surface area contributed by atoms with Crippen molar-refractivity contribution in [2.24, 2.45) is 0 Å². The smallest absolute Gasteiger partial charge is 0.310 e. The van der Waals surface area contributed by atoms with E-state index in [4.69, 9.17) is 14.7 Å². The van der Waals surface area contributed by atoms with Gasteiger partial charge in [-0.15, -0.1) is 12.6 Å². The fraction of sp³-hybridized carbons (Fsp3) is 0.333. The summed E-state index contributed by atoms with van der Waals surface area (Å²) in [6.45, 7) is 2.08. The fourth-order valence-corrected chi connectivity index (χ4v) is 1.74. The number of hydrogen-bond donors (Lipinski definition) is 1. The predicted molar refractivity (Wildman–Crippen MR) is 65.3 cm³/mol. The summed E-state index contributed by atoms with van der Waals surface area (Å²) in [4.78, 5) is 12.0. The van der Waals surface area contributed by atoms with E-state index in [-0.39, 0.29) is 12.4 Å². The molecule has 0 aliphatic rings. The minimum Gasteiger partial charge on any atom is -0.496 e. The molecular formula is C12H13NO3S. The number of ether oxygens (including phenoxy) is 2. The van der Waals surface area contributed by atoms with Gasteiger partial charge >= 0.3 is 5.97 Å². The van der Waals surface area contributed by atoms with Crippen molar-refractivity contribution >= 4 is 18.6 Å². The zero-order valence-electron chi connectivity index (χ0n) is 9.69. The van der Waals surface area contributed by atoms with Crippen molar-refractivity contribution in [3.63, 3.8) is 0 Å². The summed E-state index contributed by atoms with van der Waals surface area (Å²) in [5, 5.41) is 8.81. The fourth-order valence-electron chi connectivity index (χ4n) is 1.41. The van der Waals surface area contributed by atoms with Gasteiger partial charge in [0.2, 0.25) is 0 Å². The molecule has 0 saturated heterocycles. The second-order valence-corrected chi connectivity index (χ2v) is 3.75. The molecular weight excluding hydrogens is 238 g/mol. The van der Waals surface area contributed by atoms with Crippen molar-refractivity contribution < 1.29 is 14.3 Å². The molecule has 90 valence electrons. The van der Waals surface area contributed by atoms with Gasteiger partial charge in [-0.05, 0) is 19.1 Å². The molecule has 0 heterocycles. The third kappa shape index (κ3) is 3.40. The number of carbonyl (C=O) groups excluding carboxylic acids is 1. The number of esters is 1. The molecule has 0 radical (unpaired) electrons. The number of nitriles is 1. The monoisotopic (exact) mass is 251 g/mol. The van der Waals surface area contributed by atoms with Crippen LogP contribution in [0.1, 0.15) is 18.1 Å². The zero-order valence-corrected chi connectivity index (χ0v) is 10.6. The van der Waals surface area contributed by atoms with Crippen LogP contribution in [0.4, 0.5) is 0 Å². The molecule has 1 rings (SSSR count). The van der Waals surface area contributed by atoms with Gasteiger partial charge in [0.1, 0.15) is 5.75 Å². The second-order valence-electron chi connectivity index (χ2n) is 3.27. The van der Waals surface area contributed by atoms with E-state index < -0.39 is 0 Å². The van der Waals surface area contributed by atoms with Crippen molar-refractivity contribution in [2.75, 3.05) is 13.7 Å². The van der Waals surface area contributed by atoms with E-state index >= 15 is 0 Å². The summed E-state index contributed by atoms with van der Waals surface area (Å²) in [5.74, 6) is 0.132. The summed E-state index contributed by atoms with van der Waals surface area (Å²) in [6, 6.07) is 5.18. The van der Waals surface area contributed by atoms with Gasteiger partial charge in [-0.2, -0.15) is 5.26 Å². The summed E-state index contributed by atoms with van der Waals surface area (Å²) in [7, 11) is 1.48. The predicted octanol–water partition coefficient (Wildman–Crippen LogP) is 1.96. The van der Waals surface area contributed by atoms with E-state index in [2.05, 4.69) is 12.6 Å². The lowest BCUT2D eigenvalue weighted by Crippen LogP contribution is -2.09. The number of rotatable bonds is 4. The molecule has 0 fully saturated rings. The van der Waals surface area contributed by atoms with Crippen LogP contribution in [0.3, 0.4) is 0 Å². The Kier molecular flexibility index (Phi) is 4.85. The summed E-state index contributed by atoms with van der Waals surface area (Å²) in [6.07, 6.45) is 0.0849. The summed E-state index contributed by atoms with van der Waals surface area (Å²) >= 11 is 4.25. The largest absolute Gasteiger partial charge is 0.496 e. The van der Waals surface area contributed by atoms with Crippen LogP contribution in [0.15, 0.2) is 17.0 Å². The van der Waals surface area contributed by atoms with Crippen molar-refractivity contribution in [1.29, 1.82) is 5.26 Å². The quantitative estimate of drug-likeness (QED) is 0.656. The van der Waals surface area contributed by atoms with E-state index in [9.17, 15) is 4.79 Å². The van der Waals surface area contributed by atoms with E-state index in [0.29, 0.717) is 28.4 Å². The molecule has 0 aromatic heterocycles. The third-order valence-electron chi connectivity index (χ3n) is 2.16. The van der Waals surface area contributed by atoms with Crippen LogP contribution in [0.2, 0.25) is 0 Å². The summed E-state index contributed by atoms with van der Waals surface area (Å²) in [5.41, 5.74) is 1.08. The van der Waals surface area contributed by atoms with Crippen LogP contribution >= 0.6 is 12.6 Å². The van der Waals surface area contributed by atoms with Crippen LogP contribution in [0, 0.1) is 11.3 Å². The Balaban J connectivity index is 3.06. The molecule has 0 saturated carbocycles. The van der Waals surface area contributed by atoms with Crippen LogP contribution in [0.25, 0.3) is 0 Å². The van der Waals surface area contributed by atoms with Crippen molar-refractivity contribution in [3.05, 3.63) is 23.3 Å². The van der Waals surface area contributed by atoms with Gasteiger partial charge in [-0.3, -0.25) is 4.79 Å². The number of hydrogen-bond acceptors (Lipinski definition) is 5. The first-order valence-corrected chi connectivity index (χ1v) is 5.52. The zero-order chi connectivity index (χ0) is 12.8. The average molecular weight is 251 g/mol. The Bertz CT molecular complexity index is 466. The maximum atomic E-state index is 11.4. The van der Waals surface area contributed by atoms with Crippen molar-refractivity contribution in [1.82, 2.24) is 0 Å². The maximum absolute atomic E-state index is 11.4. The molecule has 1 aromatic rings. The van der Waals surface area contributed by atoms with E-state index in [0.717, 1.165) is 0 Å². The molecule has 0 spiro atoms. The Morgan fingerprint density at radius 1 is 1.53 bits per heavy atom. The first-order valence-electron chi connectivity index (χ1n) is 5.08. The lowest BCUT2D eigenvalue weighted by atomic mass is 10.1. The number of benzene rings is 1. The van der Waals surface area contributed by atoms with Crippen molar-refractivity contribution in [3.8, 4) is 11.8 Å². The summed E-state index contributed by atoms with van der Waals surface area (Å²) < 4.78 is 10.0. The molecule has 0 atom stereocenters. The van der Waals surface area contributed by atoms with Crippen molar-refractivity contribution in [2.45, 2.75) is 18.2 Å². The molecule has 5 heteroatoms. The molecule has 4 nitrogen and oxygen atoms in total. The van der Waals surface area contributed by atoms with Crippen LogP contribution in [-0.2, 0) is 16.0 Å². The lowest BCUT2D eigenvalue weighted by Gasteiger charge is -2.11. The van der Waals surface area contributed by atoms with Gasteiger partial charge in [0, 0.05) is 10.5 Å². The van der Waals surface area contributed by atoms with Crippen LogP contribution < -0.4 is 4.74 Å². The standard InChI is InChI=1S/C12H13NO3S/c1-3-16-12(14)6-9-10(15-2)4-8(7-13)5-11(9)17/h4-5,17H,3,6H2,1-2H3. The second kappa shape index (κ2) is 6.16. The van der Waals surface area contributed by atoms with Gasteiger partial charge in [0.05, 0.1) is 31.8 Å². The number of thiol groups is 1. The van der Waals surface area contributed by atoms with Crippen LogP contribution in [0.5, 0.6) is 5.75 Å². The van der Waals surface area contributed by atoms with Gasteiger partial charge in [-0.25, -0.2) is 0 Å². The number of nitrogens with zero attached hydrogens (tertiary/aromatic N) is 1. The lowest BCUT2D eigenvalue weighted by molar-refractivity contribution is -0.142. The van der Waals surface area contributed by atoms with Gasteiger partial charge in [-0.1, -0.05) is 0 Å². The molecule has 0 aliphatic heterocycles. The highest BCUT2D eigenvalue weighted by atomic mass is 32.1. The number of carbonyl (C=O) groups is 1. The minimum absolute atomic E-state index is 0.0849. The van der Waals surface area contributed by atoms with E-state index in [1.54, 1.807) is 19.1 Å². The minimum atomic E-state index is -0.342. The molecule has 0 N–H and O–H groups in total. The first-order chi connectivity index (χ1) is 8.12. The Morgan fingerprint density at radius 2 is 2.24 bits per heavy atom. The highest BCUT2D eigenvalue weighted by molar-refractivity contribution is 7.80. The molecule has 0 bridgehead atoms. The molecule has 1 aromatic carbocycles. The molecule has 0 amide bonds. The highest BCUT2D eigenvalue weighted by Crippen LogP contribution is 2.27. The first kappa shape index (κ1) is 13.4. The average Bonchev–Trinajstić information content (AvgIpc) is 2.31.